The number of hydrogen-bond acceptors (Lipinski definition) is 4. The van der Waals surface area contributed by atoms with Gasteiger partial charge in [-0.1, -0.05) is 18.2 Å². The van der Waals surface area contributed by atoms with Crippen molar-refractivity contribution < 1.29 is 13.9 Å². The van der Waals surface area contributed by atoms with E-state index in [4.69, 9.17) is 14.6 Å². The molecule has 6 heteroatoms. The molecule has 4 rings (SSSR count). The molecule has 1 fully saturated rings. The quantitative estimate of drug-likeness (QED) is 0.574. The predicted molar refractivity (Wildman–Crippen MR) is 115 cm³/mol. The van der Waals surface area contributed by atoms with Crippen molar-refractivity contribution in [1.82, 2.24) is 14.7 Å². The highest BCUT2D eigenvalue weighted by atomic mass is 19.1. The zero-order valence-electron chi connectivity index (χ0n) is 17.6. The van der Waals surface area contributed by atoms with Gasteiger partial charge in [-0.3, -0.25) is 4.90 Å². The number of methoxy groups -OCH3 is 2. The Morgan fingerprint density at radius 3 is 2.70 bits per heavy atom. The summed E-state index contributed by atoms with van der Waals surface area (Å²) >= 11 is 0. The number of rotatable bonds is 7. The topological polar surface area (TPSA) is 39.5 Å². The minimum absolute atomic E-state index is 0.329. The van der Waals surface area contributed by atoms with E-state index in [-0.39, 0.29) is 5.82 Å². The Balaban J connectivity index is 1.68. The molecule has 0 amide bonds. The zero-order chi connectivity index (χ0) is 20.9. The lowest BCUT2D eigenvalue weighted by Gasteiger charge is -2.32. The standard InChI is InChI=1S/C24H28FN3O2/c1-29-17-18-7-6-12-27(14-18)15-19-16-28(20-8-4-3-5-9-20)26-24(19)22-11-10-21(30-2)13-23(22)25/h3-5,8-11,13,16,18H,6-7,12,14-15,17H2,1-2H3/t18-/m1/s1. The average molecular weight is 410 g/mol. The summed E-state index contributed by atoms with van der Waals surface area (Å²) < 4.78 is 27.3. The Labute approximate surface area is 177 Å². The maximum absolute atomic E-state index is 14.9. The first-order chi connectivity index (χ1) is 14.7. The second-order valence-corrected chi connectivity index (χ2v) is 7.83. The predicted octanol–water partition coefficient (Wildman–Crippen LogP) is 4.55. The van der Waals surface area contributed by atoms with Gasteiger partial charge in [0.15, 0.2) is 0 Å². The van der Waals surface area contributed by atoms with Gasteiger partial charge in [0.2, 0.25) is 0 Å². The smallest absolute Gasteiger partial charge is 0.136 e. The molecule has 5 nitrogen and oxygen atoms in total. The Morgan fingerprint density at radius 1 is 1.13 bits per heavy atom. The second-order valence-electron chi connectivity index (χ2n) is 7.83. The molecular weight excluding hydrogens is 381 g/mol. The van der Waals surface area contributed by atoms with Crippen LogP contribution >= 0.6 is 0 Å². The molecule has 0 spiro atoms. The number of likely N-dealkylation sites (tertiary alicyclic amines) is 1. The molecule has 0 radical (unpaired) electrons. The SMILES string of the molecule is COC[C@@H]1CCCN(Cc2cn(-c3ccccc3)nc2-c2ccc(OC)cc2F)C1. The van der Waals surface area contributed by atoms with Crippen molar-refractivity contribution in [3.05, 3.63) is 66.1 Å². The summed E-state index contributed by atoms with van der Waals surface area (Å²) in [5.41, 5.74) is 3.13. The van der Waals surface area contributed by atoms with E-state index in [0.717, 1.165) is 43.9 Å². The fourth-order valence-electron chi connectivity index (χ4n) is 4.19. The summed E-state index contributed by atoms with van der Waals surface area (Å²) in [6.07, 6.45) is 4.36. The lowest BCUT2D eigenvalue weighted by atomic mass is 9.98. The molecule has 0 N–H and O–H groups in total. The van der Waals surface area contributed by atoms with Gasteiger partial charge in [-0.2, -0.15) is 5.10 Å². The Hall–Kier alpha value is -2.70. The summed E-state index contributed by atoms with van der Waals surface area (Å²) in [5, 5.41) is 4.77. The molecule has 1 aliphatic heterocycles. The molecule has 30 heavy (non-hydrogen) atoms. The van der Waals surface area contributed by atoms with Crippen LogP contribution in [0.5, 0.6) is 5.75 Å². The van der Waals surface area contributed by atoms with Gasteiger partial charge in [0, 0.05) is 43.6 Å². The van der Waals surface area contributed by atoms with Crippen LogP contribution in [0.4, 0.5) is 4.39 Å². The normalized spacial score (nSPS) is 17.2. The van der Waals surface area contributed by atoms with Crippen LogP contribution in [0, 0.1) is 11.7 Å². The molecular formula is C24H28FN3O2. The number of halogens is 1. The highest BCUT2D eigenvalue weighted by Crippen LogP contribution is 2.30. The molecule has 1 aromatic heterocycles. The first-order valence-corrected chi connectivity index (χ1v) is 10.4. The highest BCUT2D eigenvalue weighted by Gasteiger charge is 2.23. The highest BCUT2D eigenvalue weighted by molar-refractivity contribution is 5.65. The van der Waals surface area contributed by atoms with E-state index < -0.39 is 0 Å². The largest absolute Gasteiger partial charge is 0.497 e. The summed E-state index contributed by atoms with van der Waals surface area (Å²) in [6.45, 7) is 3.52. The summed E-state index contributed by atoms with van der Waals surface area (Å²) in [7, 11) is 3.30. The van der Waals surface area contributed by atoms with E-state index in [1.807, 2.05) is 41.2 Å². The van der Waals surface area contributed by atoms with Gasteiger partial charge in [-0.25, -0.2) is 9.07 Å². The van der Waals surface area contributed by atoms with E-state index >= 15 is 0 Å². The van der Waals surface area contributed by atoms with E-state index in [1.165, 1.54) is 19.6 Å². The van der Waals surface area contributed by atoms with Crippen LogP contribution < -0.4 is 4.74 Å². The fourth-order valence-corrected chi connectivity index (χ4v) is 4.19. The third kappa shape index (κ3) is 4.55. The molecule has 158 valence electrons. The Morgan fingerprint density at radius 2 is 1.97 bits per heavy atom. The van der Waals surface area contributed by atoms with Crippen molar-refractivity contribution >= 4 is 0 Å². The van der Waals surface area contributed by atoms with Crippen LogP contribution in [0.2, 0.25) is 0 Å². The molecule has 1 aliphatic rings. The first kappa shape index (κ1) is 20.6. The van der Waals surface area contributed by atoms with Gasteiger partial charge >= 0.3 is 0 Å². The van der Waals surface area contributed by atoms with Gasteiger partial charge in [-0.05, 0) is 49.6 Å². The maximum atomic E-state index is 14.9. The average Bonchev–Trinajstić information content (AvgIpc) is 3.18. The van der Waals surface area contributed by atoms with E-state index in [2.05, 4.69) is 4.90 Å². The number of piperidine rings is 1. The number of hydrogen-bond donors (Lipinski definition) is 0. The summed E-state index contributed by atoms with van der Waals surface area (Å²) in [4.78, 5) is 2.42. The van der Waals surface area contributed by atoms with Gasteiger partial charge in [0.05, 0.1) is 19.4 Å². The van der Waals surface area contributed by atoms with E-state index in [9.17, 15) is 4.39 Å². The molecule has 0 saturated carbocycles. The molecule has 2 aromatic carbocycles. The van der Waals surface area contributed by atoms with Crippen molar-refractivity contribution in [3.8, 4) is 22.7 Å². The second kappa shape index (κ2) is 9.41. The molecule has 1 atom stereocenters. The van der Waals surface area contributed by atoms with Gasteiger partial charge in [-0.15, -0.1) is 0 Å². The van der Waals surface area contributed by atoms with Gasteiger partial charge in [0.25, 0.3) is 0 Å². The van der Waals surface area contributed by atoms with Crippen molar-refractivity contribution in [2.24, 2.45) is 5.92 Å². The minimum Gasteiger partial charge on any atom is -0.497 e. The van der Waals surface area contributed by atoms with Crippen LogP contribution in [0.15, 0.2) is 54.7 Å². The summed E-state index contributed by atoms with van der Waals surface area (Å²) in [5.74, 6) is 0.706. The van der Waals surface area contributed by atoms with Crippen molar-refractivity contribution in [1.29, 1.82) is 0 Å². The monoisotopic (exact) mass is 409 g/mol. The molecule has 1 saturated heterocycles. The number of benzene rings is 2. The number of ether oxygens (including phenoxy) is 2. The van der Waals surface area contributed by atoms with Crippen LogP contribution in [0.1, 0.15) is 18.4 Å². The van der Waals surface area contributed by atoms with Crippen molar-refractivity contribution in [2.45, 2.75) is 19.4 Å². The minimum atomic E-state index is -0.329. The van der Waals surface area contributed by atoms with Crippen molar-refractivity contribution in [2.75, 3.05) is 33.9 Å². The molecule has 0 aliphatic carbocycles. The maximum Gasteiger partial charge on any atom is 0.136 e. The fraction of sp³-hybridized carbons (Fsp3) is 0.375. The Bertz CT molecular complexity index is 972. The molecule has 0 unspecified atom stereocenters. The van der Waals surface area contributed by atoms with E-state index in [0.29, 0.717) is 22.9 Å². The molecule has 0 bridgehead atoms. The number of aromatic nitrogens is 2. The molecule has 2 heterocycles. The summed E-state index contributed by atoms with van der Waals surface area (Å²) in [6, 6.07) is 14.9. The van der Waals surface area contributed by atoms with Gasteiger partial charge in [0.1, 0.15) is 17.3 Å². The number of nitrogens with zero attached hydrogens (tertiary/aromatic N) is 3. The van der Waals surface area contributed by atoms with Crippen LogP contribution in [-0.4, -0.2) is 48.6 Å². The molecule has 3 aromatic rings. The third-order valence-electron chi connectivity index (χ3n) is 5.64. The lowest BCUT2D eigenvalue weighted by Crippen LogP contribution is -2.36. The van der Waals surface area contributed by atoms with Gasteiger partial charge < -0.3 is 9.47 Å². The zero-order valence-corrected chi connectivity index (χ0v) is 17.6. The third-order valence-corrected chi connectivity index (χ3v) is 5.64. The van der Waals surface area contributed by atoms with E-state index in [1.54, 1.807) is 19.2 Å². The number of para-hydroxylation sites is 1. The Kier molecular flexibility index (Phi) is 6.45. The van der Waals surface area contributed by atoms with Crippen molar-refractivity contribution in [3.63, 3.8) is 0 Å². The first-order valence-electron chi connectivity index (χ1n) is 10.4. The van der Waals surface area contributed by atoms with Crippen LogP contribution in [0.3, 0.4) is 0 Å². The lowest BCUT2D eigenvalue weighted by molar-refractivity contribution is 0.0874. The van der Waals surface area contributed by atoms with Crippen LogP contribution in [-0.2, 0) is 11.3 Å². The van der Waals surface area contributed by atoms with Crippen LogP contribution in [0.25, 0.3) is 16.9 Å².